The van der Waals surface area contributed by atoms with Crippen LogP contribution >= 0.6 is 43.5 Å². The van der Waals surface area contributed by atoms with E-state index in [1.54, 1.807) is 18.2 Å². The largest absolute Gasteiger partial charge is 0.480 e. The van der Waals surface area contributed by atoms with Gasteiger partial charge < -0.3 is 10.1 Å². The summed E-state index contributed by atoms with van der Waals surface area (Å²) < 4.78 is 44.7. The Morgan fingerprint density at radius 1 is 1.32 bits per heavy atom. The summed E-state index contributed by atoms with van der Waals surface area (Å²) >= 11 is 12.4. The van der Waals surface area contributed by atoms with Crippen molar-refractivity contribution < 1.29 is 22.7 Å². The smallest absolute Gasteiger partial charge is 0.417 e. The molecule has 1 amide bonds. The molecule has 1 N–H and O–H groups in total. The van der Waals surface area contributed by atoms with Crippen molar-refractivity contribution in [3.63, 3.8) is 0 Å². The van der Waals surface area contributed by atoms with E-state index >= 15 is 0 Å². The fourth-order valence-corrected chi connectivity index (χ4v) is 3.07. The summed E-state index contributed by atoms with van der Waals surface area (Å²) in [5.74, 6) is -0.355. The monoisotopic (exact) mass is 500 g/mol. The maximum Gasteiger partial charge on any atom is 0.417 e. The zero-order valence-electron chi connectivity index (χ0n) is 12.5. The predicted octanol–water partition coefficient (Wildman–Crippen LogP) is 5.68. The molecule has 1 aromatic carbocycles. The molecule has 0 spiro atoms. The van der Waals surface area contributed by atoms with E-state index in [9.17, 15) is 18.0 Å². The molecule has 1 aromatic heterocycles. The van der Waals surface area contributed by atoms with E-state index in [2.05, 4.69) is 42.2 Å². The maximum atomic E-state index is 12.6. The summed E-state index contributed by atoms with van der Waals surface area (Å²) in [5, 5.41) is 2.02. The molecule has 2 rings (SSSR count). The molecule has 4 nitrogen and oxygen atoms in total. The van der Waals surface area contributed by atoms with Gasteiger partial charge in [-0.1, -0.05) is 27.5 Å². The minimum Gasteiger partial charge on any atom is -0.480 e. The summed E-state index contributed by atoms with van der Waals surface area (Å²) in [6.07, 6.45) is -4.90. The maximum absolute atomic E-state index is 12.6. The van der Waals surface area contributed by atoms with Crippen molar-refractivity contribution in [2.75, 3.05) is 5.32 Å². The molecule has 10 heteroatoms. The van der Waals surface area contributed by atoms with Crippen molar-refractivity contribution in [3.05, 3.63) is 50.0 Å². The van der Waals surface area contributed by atoms with Gasteiger partial charge in [-0.15, -0.1) is 0 Å². The molecule has 1 heterocycles. The summed E-state index contributed by atoms with van der Waals surface area (Å²) in [6, 6.07) is 5.83. The van der Waals surface area contributed by atoms with Gasteiger partial charge in [0.1, 0.15) is 5.75 Å². The molecule has 1 atom stereocenters. The van der Waals surface area contributed by atoms with Crippen LogP contribution in [0.15, 0.2) is 39.4 Å². The molecule has 0 saturated carbocycles. The normalized spacial score (nSPS) is 12.6. The molecule has 0 unspecified atom stereocenters. The predicted molar refractivity (Wildman–Crippen MR) is 94.8 cm³/mol. The standard InChI is InChI=1S/C15H10Br2ClF3N2O2/c1-7(25-12-3-2-9(16)5-10(12)17)14(24)23-13-11(18)4-8(6-22-13)15(19,20)21/h2-7H,1H3,(H,22,23,24)/t7-/m1/s1. The van der Waals surface area contributed by atoms with E-state index in [0.717, 1.165) is 4.47 Å². The van der Waals surface area contributed by atoms with E-state index in [0.29, 0.717) is 22.5 Å². The quantitative estimate of drug-likeness (QED) is 0.585. The van der Waals surface area contributed by atoms with Crippen molar-refractivity contribution in [2.24, 2.45) is 0 Å². The number of nitrogens with zero attached hydrogens (tertiary/aromatic N) is 1. The third-order valence-electron chi connectivity index (χ3n) is 2.98. The first kappa shape index (κ1) is 20.0. The van der Waals surface area contributed by atoms with Crippen molar-refractivity contribution in [1.29, 1.82) is 0 Å². The molecular weight excluding hydrogens is 492 g/mol. The molecule has 0 aliphatic rings. The number of anilines is 1. The lowest BCUT2D eigenvalue weighted by Crippen LogP contribution is -2.30. The first-order valence-electron chi connectivity index (χ1n) is 6.73. The van der Waals surface area contributed by atoms with Gasteiger partial charge in [0, 0.05) is 10.7 Å². The Balaban J connectivity index is 2.08. The van der Waals surface area contributed by atoms with Crippen LogP contribution < -0.4 is 10.1 Å². The lowest BCUT2D eigenvalue weighted by atomic mass is 10.2. The number of ether oxygens (including phenoxy) is 1. The number of nitrogens with one attached hydrogen (secondary N) is 1. The number of rotatable bonds is 4. The van der Waals surface area contributed by atoms with Crippen LogP contribution in [0.2, 0.25) is 5.02 Å². The van der Waals surface area contributed by atoms with Crippen molar-refractivity contribution in [1.82, 2.24) is 4.98 Å². The fraction of sp³-hybridized carbons (Fsp3) is 0.200. The Bertz CT molecular complexity index is 803. The average molecular weight is 503 g/mol. The topological polar surface area (TPSA) is 51.2 Å². The molecular formula is C15H10Br2ClF3N2O2. The SMILES string of the molecule is C[C@@H](Oc1ccc(Br)cc1Br)C(=O)Nc1ncc(C(F)(F)F)cc1Cl. The van der Waals surface area contributed by atoms with Gasteiger partial charge in [0.05, 0.1) is 15.1 Å². The number of alkyl halides is 3. The first-order chi connectivity index (χ1) is 11.6. The number of aromatic nitrogens is 1. The summed E-state index contributed by atoms with van der Waals surface area (Å²) in [6.45, 7) is 1.49. The Morgan fingerprint density at radius 3 is 2.56 bits per heavy atom. The number of pyridine rings is 1. The number of halogens is 6. The Hall–Kier alpha value is -1.32. The van der Waals surface area contributed by atoms with Crippen LogP contribution in [0, 0.1) is 0 Å². The van der Waals surface area contributed by atoms with Gasteiger partial charge in [-0.05, 0) is 47.1 Å². The molecule has 0 saturated heterocycles. The van der Waals surface area contributed by atoms with Crippen LogP contribution in [0.25, 0.3) is 0 Å². The van der Waals surface area contributed by atoms with Crippen molar-refractivity contribution in [3.8, 4) is 5.75 Å². The fourth-order valence-electron chi connectivity index (χ4n) is 1.72. The summed E-state index contributed by atoms with van der Waals surface area (Å²) in [7, 11) is 0. The van der Waals surface area contributed by atoms with E-state index < -0.39 is 23.8 Å². The number of benzene rings is 1. The number of carbonyl (C=O) groups is 1. The van der Waals surface area contributed by atoms with E-state index in [1.165, 1.54) is 6.92 Å². The number of carbonyl (C=O) groups excluding carboxylic acids is 1. The van der Waals surface area contributed by atoms with Crippen LogP contribution in [0.3, 0.4) is 0 Å². The zero-order valence-corrected chi connectivity index (χ0v) is 16.4. The second-order valence-electron chi connectivity index (χ2n) is 4.88. The highest BCUT2D eigenvalue weighted by Crippen LogP contribution is 2.32. The minimum absolute atomic E-state index is 0.176. The molecule has 2 aromatic rings. The average Bonchev–Trinajstić information content (AvgIpc) is 2.50. The van der Waals surface area contributed by atoms with E-state index in [4.69, 9.17) is 16.3 Å². The third kappa shape index (κ3) is 5.32. The van der Waals surface area contributed by atoms with E-state index in [1.807, 2.05) is 0 Å². The van der Waals surface area contributed by atoms with Gasteiger partial charge in [0.25, 0.3) is 5.91 Å². The van der Waals surface area contributed by atoms with Crippen LogP contribution in [0.1, 0.15) is 12.5 Å². The Labute approximate surface area is 163 Å². The molecule has 134 valence electrons. The van der Waals surface area contributed by atoms with E-state index in [-0.39, 0.29) is 10.8 Å². The second-order valence-corrected chi connectivity index (χ2v) is 7.05. The Kier molecular flexibility index (Phi) is 6.34. The van der Waals surface area contributed by atoms with Gasteiger partial charge in [0.15, 0.2) is 11.9 Å². The van der Waals surface area contributed by atoms with Crippen LogP contribution in [0.5, 0.6) is 5.75 Å². The highest BCUT2D eigenvalue weighted by molar-refractivity contribution is 9.11. The lowest BCUT2D eigenvalue weighted by molar-refractivity contribution is -0.137. The van der Waals surface area contributed by atoms with Gasteiger partial charge in [-0.2, -0.15) is 13.2 Å². The Morgan fingerprint density at radius 2 is 2.00 bits per heavy atom. The lowest BCUT2D eigenvalue weighted by Gasteiger charge is -2.16. The number of hydrogen-bond donors (Lipinski definition) is 1. The molecule has 0 aliphatic carbocycles. The molecule has 0 aliphatic heterocycles. The first-order valence-corrected chi connectivity index (χ1v) is 8.69. The van der Waals surface area contributed by atoms with Crippen molar-refractivity contribution >= 4 is 55.2 Å². The van der Waals surface area contributed by atoms with Gasteiger partial charge >= 0.3 is 6.18 Å². The number of amides is 1. The summed E-state index contributed by atoms with van der Waals surface area (Å²) in [5.41, 5.74) is -1.00. The highest BCUT2D eigenvalue weighted by atomic mass is 79.9. The molecule has 25 heavy (non-hydrogen) atoms. The van der Waals surface area contributed by atoms with Crippen LogP contribution in [0.4, 0.5) is 19.0 Å². The third-order valence-corrected chi connectivity index (χ3v) is 4.38. The van der Waals surface area contributed by atoms with Crippen LogP contribution in [-0.4, -0.2) is 17.0 Å². The van der Waals surface area contributed by atoms with Crippen molar-refractivity contribution in [2.45, 2.75) is 19.2 Å². The minimum atomic E-state index is -4.57. The van der Waals surface area contributed by atoms with Gasteiger partial charge in [-0.25, -0.2) is 4.98 Å². The highest BCUT2D eigenvalue weighted by Gasteiger charge is 2.32. The summed E-state index contributed by atoms with van der Waals surface area (Å²) in [4.78, 5) is 15.7. The van der Waals surface area contributed by atoms with Gasteiger partial charge in [-0.3, -0.25) is 4.79 Å². The van der Waals surface area contributed by atoms with Crippen LogP contribution in [-0.2, 0) is 11.0 Å². The molecule has 0 radical (unpaired) electrons. The zero-order chi connectivity index (χ0) is 18.8. The second kappa shape index (κ2) is 7.92. The van der Waals surface area contributed by atoms with Gasteiger partial charge in [0.2, 0.25) is 0 Å². The number of hydrogen-bond acceptors (Lipinski definition) is 3. The molecule has 0 fully saturated rings. The molecule has 0 bridgehead atoms.